The Labute approximate surface area is 193 Å². The number of benzene rings is 1. The van der Waals surface area contributed by atoms with E-state index in [0.29, 0.717) is 12.5 Å². The van der Waals surface area contributed by atoms with Crippen LogP contribution in [0, 0.1) is 11.6 Å². The minimum atomic E-state index is -0.463. The summed E-state index contributed by atoms with van der Waals surface area (Å²) in [7, 11) is 1.64. The van der Waals surface area contributed by atoms with Crippen LogP contribution in [-0.2, 0) is 13.1 Å². The molecule has 0 bridgehead atoms. The molecule has 0 unspecified atom stereocenters. The predicted molar refractivity (Wildman–Crippen MR) is 127 cm³/mol. The van der Waals surface area contributed by atoms with Crippen LogP contribution in [0.25, 0.3) is 0 Å². The Kier molecular flexibility index (Phi) is 9.70. The molecule has 9 heteroatoms. The summed E-state index contributed by atoms with van der Waals surface area (Å²) in [5.74, 6) is 0.583. The number of rotatable bonds is 6. The van der Waals surface area contributed by atoms with Gasteiger partial charge in [-0.15, -0.1) is 24.0 Å². The largest absolute Gasteiger partial charge is 0.354 e. The SMILES string of the molecule is CCN1CCN(c2cc(CNC(=NC)NCc3cc(F)ccc3F)ccn2)CC1.I. The molecule has 2 heterocycles. The number of likely N-dealkylation sites (N-methyl/N-ethyl adjacent to an activating group) is 1. The first-order chi connectivity index (χ1) is 14.1. The molecule has 6 nitrogen and oxygen atoms in total. The molecule has 0 radical (unpaired) electrons. The number of hydrogen-bond acceptors (Lipinski definition) is 4. The number of nitrogens with zero attached hydrogens (tertiary/aromatic N) is 4. The summed E-state index contributed by atoms with van der Waals surface area (Å²) in [5.41, 5.74) is 1.33. The molecule has 30 heavy (non-hydrogen) atoms. The van der Waals surface area contributed by atoms with Crippen LogP contribution in [-0.4, -0.2) is 55.6 Å². The first-order valence-electron chi connectivity index (χ1n) is 9.89. The number of halogens is 3. The van der Waals surface area contributed by atoms with Crippen LogP contribution in [0.2, 0.25) is 0 Å². The first kappa shape index (κ1) is 24.3. The molecule has 1 saturated heterocycles. The molecule has 0 atom stereocenters. The maximum atomic E-state index is 13.8. The number of nitrogens with one attached hydrogen (secondary N) is 2. The Balaban J connectivity index is 0.00000320. The van der Waals surface area contributed by atoms with E-state index in [1.165, 1.54) is 6.07 Å². The Morgan fingerprint density at radius 3 is 2.50 bits per heavy atom. The smallest absolute Gasteiger partial charge is 0.191 e. The van der Waals surface area contributed by atoms with Crippen LogP contribution in [0.3, 0.4) is 0 Å². The van der Waals surface area contributed by atoms with Crippen LogP contribution < -0.4 is 15.5 Å². The molecule has 0 aliphatic carbocycles. The van der Waals surface area contributed by atoms with E-state index in [4.69, 9.17) is 0 Å². The van der Waals surface area contributed by atoms with Gasteiger partial charge in [-0.1, -0.05) is 6.92 Å². The van der Waals surface area contributed by atoms with E-state index in [0.717, 1.165) is 56.2 Å². The van der Waals surface area contributed by atoms with Gasteiger partial charge in [0, 0.05) is 58.1 Å². The molecule has 0 saturated carbocycles. The van der Waals surface area contributed by atoms with Gasteiger partial charge in [0.15, 0.2) is 5.96 Å². The zero-order chi connectivity index (χ0) is 20.6. The highest BCUT2D eigenvalue weighted by Gasteiger charge is 2.16. The minimum Gasteiger partial charge on any atom is -0.354 e. The second kappa shape index (κ2) is 12.0. The van der Waals surface area contributed by atoms with Crippen LogP contribution in [0.5, 0.6) is 0 Å². The molecule has 3 rings (SSSR count). The van der Waals surface area contributed by atoms with Crippen molar-refractivity contribution in [2.45, 2.75) is 20.0 Å². The molecular formula is C21H29F2IN6. The zero-order valence-electron chi connectivity index (χ0n) is 17.4. The molecule has 164 valence electrons. The normalized spacial score (nSPS) is 14.9. The van der Waals surface area contributed by atoms with Crippen LogP contribution >= 0.6 is 24.0 Å². The van der Waals surface area contributed by atoms with E-state index >= 15 is 0 Å². The van der Waals surface area contributed by atoms with Gasteiger partial charge < -0.3 is 20.4 Å². The Morgan fingerprint density at radius 2 is 1.80 bits per heavy atom. The highest BCUT2D eigenvalue weighted by Crippen LogP contribution is 2.15. The molecule has 1 aliphatic heterocycles. The summed E-state index contributed by atoms with van der Waals surface area (Å²) < 4.78 is 27.1. The van der Waals surface area contributed by atoms with E-state index in [2.05, 4.69) is 43.4 Å². The standard InChI is InChI=1S/C21H28F2N6.HI/c1-3-28-8-10-29(11-9-28)20-12-16(6-7-25-20)14-26-21(24-2)27-15-17-13-18(22)4-5-19(17)23;/h4-7,12-13H,3,8-11,14-15H2,1-2H3,(H2,24,26,27);1H. The summed E-state index contributed by atoms with van der Waals surface area (Å²) >= 11 is 0. The highest BCUT2D eigenvalue weighted by atomic mass is 127. The average molecular weight is 530 g/mol. The fraction of sp³-hybridized carbons (Fsp3) is 0.429. The Morgan fingerprint density at radius 1 is 1.07 bits per heavy atom. The average Bonchev–Trinajstić information content (AvgIpc) is 2.76. The summed E-state index contributed by atoms with van der Waals surface area (Å²) in [5, 5.41) is 6.22. The van der Waals surface area contributed by atoms with Crippen molar-refractivity contribution in [3.8, 4) is 0 Å². The first-order valence-corrected chi connectivity index (χ1v) is 9.89. The van der Waals surface area contributed by atoms with Crippen molar-refractivity contribution in [1.82, 2.24) is 20.5 Å². The van der Waals surface area contributed by atoms with E-state index in [9.17, 15) is 8.78 Å². The van der Waals surface area contributed by atoms with Crippen molar-refractivity contribution in [2.75, 3.05) is 44.7 Å². The summed E-state index contributed by atoms with van der Waals surface area (Å²) in [6, 6.07) is 7.45. The summed E-state index contributed by atoms with van der Waals surface area (Å²) in [6.07, 6.45) is 1.82. The third-order valence-corrected chi connectivity index (χ3v) is 5.09. The van der Waals surface area contributed by atoms with Gasteiger partial charge in [-0.3, -0.25) is 4.99 Å². The van der Waals surface area contributed by atoms with Gasteiger partial charge in [-0.25, -0.2) is 13.8 Å². The van der Waals surface area contributed by atoms with Crippen molar-refractivity contribution in [2.24, 2.45) is 4.99 Å². The van der Waals surface area contributed by atoms with E-state index < -0.39 is 11.6 Å². The predicted octanol–water partition coefficient (Wildman–Crippen LogP) is 2.98. The molecule has 1 aromatic carbocycles. The third kappa shape index (κ3) is 6.76. The van der Waals surface area contributed by atoms with Gasteiger partial charge in [0.1, 0.15) is 17.5 Å². The van der Waals surface area contributed by atoms with Gasteiger partial charge in [-0.05, 0) is 42.4 Å². The number of piperazine rings is 1. The highest BCUT2D eigenvalue weighted by molar-refractivity contribution is 14.0. The summed E-state index contributed by atoms with van der Waals surface area (Å²) in [4.78, 5) is 13.4. The van der Waals surface area contributed by atoms with Crippen molar-refractivity contribution in [1.29, 1.82) is 0 Å². The fourth-order valence-electron chi connectivity index (χ4n) is 3.30. The Hall–Kier alpha value is -2.01. The number of hydrogen-bond donors (Lipinski definition) is 2. The summed E-state index contributed by atoms with van der Waals surface area (Å²) in [6.45, 7) is 8.00. The van der Waals surface area contributed by atoms with Crippen molar-refractivity contribution >= 4 is 35.8 Å². The molecule has 0 amide bonds. The van der Waals surface area contributed by atoms with E-state index in [1.807, 2.05) is 12.3 Å². The van der Waals surface area contributed by atoms with Gasteiger partial charge in [0.2, 0.25) is 0 Å². The second-order valence-corrected chi connectivity index (χ2v) is 6.96. The van der Waals surface area contributed by atoms with E-state index in [-0.39, 0.29) is 36.1 Å². The topological polar surface area (TPSA) is 55.8 Å². The molecule has 0 spiro atoms. The lowest BCUT2D eigenvalue weighted by Crippen LogP contribution is -2.46. The van der Waals surface area contributed by atoms with Crippen molar-refractivity contribution in [3.05, 3.63) is 59.3 Å². The number of pyridine rings is 1. The van der Waals surface area contributed by atoms with Crippen LogP contribution in [0.4, 0.5) is 14.6 Å². The minimum absolute atomic E-state index is 0. The molecule has 1 aromatic heterocycles. The monoisotopic (exact) mass is 530 g/mol. The third-order valence-electron chi connectivity index (χ3n) is 5.09. The molecule has 1 aliphatic rings. The van der Waals surface area contributed by atoms with E-state index in [1.54, 1.807) is 7.05 Å². The molecular weight excluding hydrogens is 501 g/mol. The van der Waals surface area contributed by atoms with Gasteiger partial charge in [0.25, 0.3) is 0 Å². The van der Waals surface area contributed by atoms with Gasteiger partial charge in [-0.2, -0.15) is 0 Å². The van der Waals surface area contributed by atoms with Crippen molar-refractivity contribution in [3.63, 3.8) is 0 Å². The second-order valence-electron chi connectivity index (χ2n) is 6.96. The lowest BCUT2D eigenvalue weighted by molar-refractivity contribution is 0.270. The number of aromatic nitrogens is 1. The van der Waals surface area contributed by atoms with Crippen molar-refractivity contribution < 1.29 is 8.78 Å². The molecule has 1 fully saturated rings. The fourth-order valence-corrected chi connectivity index (χ4v) is 3.30. The lowest BCUT2D eigenvalue weighted by Gasteiger charge is -2.34. The van der Waals surface area contributed by atoms with Gasteiger partial charge in [0.05, 0.1) is 0 Å². The Bertz CT molecular complexity index is 840. The maximum absolute atomic E-state index is 13.8. The van der Waals surface area contributed by atoms with Crippen LogP contribution in [0.1, 0.15) is 18.1 Å². The quantitative estimate of drug-likeness (QED) is 0.342. The number of anilines is 1. The zero-order valence-corrected chi connectivity index (χ0v) is 19.7. The van der Waals surface area contributed by atoms with Crippen LogP contribution in [0.15, 0.2) is 41.5 Å². The molecule has 2 aromatic rings. The maximum Gasteiger partial charge on any atom is 0.191 e. The number of aliphatic imine (C=N–C) groups is 1. The lowest BCUT2D eigenvalue weighted by atomic mass is 10.2. The molecule has 2 N–H and O–H groups in total. The van der Waals surface area contributed by atoms with Gasteiger partial charge >= 0.3 is 0 Å². The number of guanidine groups is 1.